The van der Waals surface area contributed by atoms with Crippen molar-refractivity contribution in [1.29, 1.82) is 5.26 Å². The van der Waals surface area contributed by atoms with Gasteiger partial charge < -0.3 is 5.32 Å². The molecule has 1 saturated heterocycles. The molecule has 0 bridgehead atoms. The average Bonchev–Trinajstić information content (AvgIpc) is 2.68. The van der Waals surface area contributed by atoms with E-state index >= 15 is 0 Å². The zero-order valence-corrected chi connectivity index (χ0v) is 10.4. The Morgan fingerprint density at radius 1 is 1.33 bits per heavy atom. The number of hydrogen-bond donors (Lipinski definition) is 1. The summed E-state index contributed by atoms with van der Waals surface area (Å²) in [5, 5.41) is 11.3. The number of carbonyl (C=O) groups excluding carboxylic acids is 1. The minimum Gasteiger partial charge on any atom is -0.348 e. The van der Waals surface area contributed by atoms with Crippen LogP contribution in [0.25, 0.3) is 0 Å². The molecule has 6 heteroatoms. The highest BCUT2D eigenvalue weighted by molar-refractivity contribution is 7.91. The maximum atomic E-state index is 11.8. The summed E-state index contributed by atoms with van der Waals surface area (Å²) in [6.07, 6.45) is 0.463. The molecule has 0 saturated carbocycles. The molecule has 0 spiro atoms. The molecule has 1 aromatic rings. The van der Waals surface area contributed by atoms with Crippen molar-refractivity contribution in [3.05, 3.63) is 35.4 Å². The van der Waals surface area contributed by atoms with Gasteiger partial charge in [-0.1, -0.05) is 0 Å². The molecule has 1 amide bonds. The maximum Gasteiger partial charge on any atom is 0.251 e. The van der Waals surface area contributed by atoms with E-state index in [4.69, 9.17) is 5.26 Å². The number of rotatable bonds is 2. The van der Waals surface area contributed by atoms with E-state index in [1.165, 1.54) is 0 Å². The van der Waals surface area contributed by atoms with Crippen LogP contribution < -0.4 is 5.32 Å². The number of hydrogen-bond acceptors (Lipinski definition) is 4. The number of nitriles is 1. The average molecular weight is 264 g/mol. The Kier molecular flexibility index (Phi) is 3.34. The summed E-state index contributed by atoms with van der Waals surface area (Å²) in [6.45, 7) is 0. The van der Waals surface area contributed by atoms with Crippen LogP contribution in [0.2, 0.25) is 0 Å². The van der Waals surface area contributed by atoms with Gasteiger partial charge in [-0.05, 0) is 30.7 Å². The molecule has 2 rings (SSSR count). The number of nitrogens with one attached hydrogen (secondary N) is 1. The van der Waals surface area contributed by atoms with Crippen LogP contribution in [0, 0.1) is 11.3 Å². The Morgan fingerprint density at radius 2 is 2.00 bits per heavy atom. The van der Waals surface area contributed by atoms with Crippen LogP contribution in [0.1, 0.15) is 22.3 Å². The molecule has 1 heterocycles. The van der Waals surface area contributed by atoms with Gasteiger partial charge in [-0.25, -0.2) is 8.42 Å². The molecule has 5 nitrogen and oxygen atoms in total. The summed E-state index contributed by atoms with van der Waals surface area (Å²) in [5.74, 6) is -0.165. The summed E-state index contributed by atoms with van der Waals surface area (Å²) in [4.78, 5) is 11.8. The summed E-state index contributed by atoms with van der Waals surface area (Å²) in [6, 6.07) is 7.88. The van der Waals surface area contributed by atoms with E-state index in [9.17, 15) is 13.2 Å². The molecule has 0 aliphatic carbocycles. The fourth-order valence-corrected chi connectivity index (χ4v) is 3.55. The lowest BCUT2D eigenvalue weighted by molar-refractivity contribution is 0.0941. The lowest BCUT2D eigenvalue weighted by atomic mass is 10.1. The van der Waals surface area contributed by atoms with Crippen LogP contribution >= 0.6 is 0 Å². The SMILES string of the molecule is N#Cc1ccc(C(=O)N[C@H]2CCS(=O)(=O)C2)cc1. The second kappa shape index (κ2) is 4.78. The molecule has 0 unspecified atom stereocenters. The van der Waals surface area contributed by atoms with Crippen molar-refractivity contribution in [3.8, 4) is 6.07 Å². The van der Waals surface area contributed by atoms with Gasteiger partial charge in [0.15, 0.2) is 9.84 Å². The van der Waals surface area contributed by atoms with Crippen LogP contribution in [0.15, 0.2) is 24.3 Å². The normalized spacial score (nSPS) is 21.2. The summed E-state index contributed by atoms with van der Waals surface area (Å²) >= 11 is 0. The minimum absolute atomic E-state index is 0.00895. The molecular formula is C12H12N2O3S. The third-order valence-electron chi connectivity index (χ3n) is 2.84. The fraction of sp³-hybridized carbons (Fsp3) is 0.333. The highest BCUT2D eigenvalue weighted by atomic mass is 32.2. The first-order valence-electron chi connectivity index (χ1n) is 5.51. The molecule has 1 fully saturated rings. The van der Waals surface area contributed by atoms with Gasteiger partial charge in [-0.2, -0.15) is 5.26 Å². The second-order valence-electron chi connectivity index (χ2n) is 4.26. The van der Waals surface area contributed by atoms with Crippen molar-refractivity contribution in [3.63, 3.8) is 0 Å². The van der Waals surface area contributed by atoms with Crippen molar-refractivity contribution >= 4 is 15.7 Å². The predicted octanol–water partition coefficient (Wildman–Crippen LogP) is 0.475. The fourth-order valence-electron chi connectivity index (χ4n) is 1.87. The van der Waals surface area contributed by atoms with Crippen molar-refractivity contribution in [2.75, 3.05) is 11.5 Å². The third kappa shape index (κ3) is 2.87. The molecule has 18 heavy (non-hydrogen) atoms. The van der Waals surface area contributed by atoms with Gasteiger partial charge in [-0.15, -0.1) is 0 Å². The molecular weight excluding hydrogens is 252 g/mol. The first-order valence-corrected chi connectivity index (χ1v) is 7.34. The Labute approximate surface area is 105 Å². The van der Waals surface area contributed by atoms with Gasteiger partial charge >= 0.3 is 0 Å². The number of benzene rings is 1. The predicted molar refractivity (Wildman–Crippen MR) is 65.7 cm³/mol. The molecule has 0 aromatic heterocycles. The highest BCUT2D eigenvalue weighted by Gasteiger charge is 2.29. The van der Waals surface area contributed by atoms with Crippen LogP contribution in [0.5, 0.6) is 0 Å². The standard InChI is InChI=1S/C12H12N2O3S/c13-7-9-1-3-10(4-2-9)12(15)14-11-5-6-18(16,17)8-11/h1-4,11H,5-6,8H2,(H,14,15)/t11-/m0/s1. The first kappa shape index (κ1) is 12.6. The van der Waals surface area contributed by atoms with Gasteiger partial charge in [-0.3, -0.25) is 4.79 Å². The quantitative estimate of drug-likeness (QED) is 0.841. The van der Waals surface area contributed by atoms with Gasteiger partial charge in [0.05, 0.1) is 23.1 Å². The number of carbonyl (C=O) groups is 1. The van der Waals surface area contributed by atoms with Crippen molar-refractivity contribution < 1.29 is 13.2 Å². The number of nitrogens with zero attached hydrogens (tertiary/aromatic N) is 1. The summed E-state index contributed by atoms with van der Waals surface area (Å²) in [7, 11) is -2.99. The van der Waals surface area contributed by atoms with Crippen LogP contribution in [0.3, 0.4) is 0 Å². The molecule has 1 aliphatic heterocycles. The lowest BCUT2D eigenvalue weighted by Gasteiger charge is -2.10. The van der Waals surface area contributed by atoms with E-state index in [2.05, 4.69) is 5.32 Å². The second-order valence-corrected chi connectivity index (χ2v) is 6.49. The molecule has 1 atom stereocenters. The van der Waals surface area contributed by atoms with E-state index in [1.807, 2.05) is 6.07 Å². The summed E-state index contributed by atoms with van der Waals surface area (Å²) < 4.78 is 22.5. The van der Waals surface area contributed by atoms with E-state index in [0.29, 0.717) is 17.5 Å². The Hall–Kier alpha value is -1.87. The minimum atomic E-state index is -2.99. The smallest absolute Gasteiger partial charge is 0.251 e. The van der Waals surface area contributed by atoms with Crippen molar-refractivity contribution in [2.24, 2.45) is 0 Å². The molecule has 1 aliphatic rings. The first-order chi connectivity index (χ1) is 8.50. The molecule has 1 N–H and O–H groups in total. The van der Waals surface area contributed by atoms with E-state index in [0.717, 1.165) is 0 Å². The topological polar surface area (TPSA) is 87.0 Å². The monoisotopic (exact) mass is 264 g/mol. The third-order valence-corrected chi connectivity index (χ3v) is 4.61. The van der Waals surface area contributed by atoms with Crippen LogP contribution in [0.4, 0.5) is 0 Å². The Balaban J connectivity index is 2.02. The largest absolute Gasteiger partial charge is 0.348 e. The van der Waals surface area contributed by atoms with Gasteiger partial charge in [0.25, 0.3) is 5.91 Å². The molecule has 1 aromatic carbocycles. The summed E-state index contributed by atoms with van der Waals surface area (Å²) in [5.41, 5.74) is 0.910. The van der Waals surface area contributed by atoms with E-state index in [1.54, 1.807) is 24.3 Å². The van der Waals surface area contributed by atoms with E-state index in [-0.39, 0.29) is 23.5 Å². The van der Waals surface area contributed by atoms with Gasteiger partial charge in [0, 0.05) is 11.6 Å². The van der Waals surface area contributed by atoms with Crippen molar-refractivity contribution in [1.82, 2.24) is 5.32 Å². The van der Waals surface area contributed by atoms with E-state index < -0.39 is 9.84 Å². The Morgan fingerprint density at radius 3 is 2.50 bits per heavy atom. The number of sulfone groups is 1. The number of amides is 1. The van der Waals surface area contributed by atoms with Crippen LogP contribution in [-0.4, -0.2) is 31.9 Å². The van der Waals surface area contributed by atoms with Gasteiger partial charge in [0.1, 0.15) is 0 Å². The van der Waals surface area contributed by atoms with Gasteiger partial charge in [0.2, 0.25) is 0 Å². The van der Waals surface area contributed by atoms with Crippen LogP contribution in [-0.2, 0) is 9.84 Å². The zero-order valence-electron chi connectivity index (χ0n) is 9.59. The maximum absolute atomic E-state index is 11.8. The Bertz CT molecular complexity index is 599. The zero-order chi connectivity index (χ0) is 13.2. The molecule has 0 radical (unpaired) electrons. The van der Waals surface area contributed by atoms with Crippen molar-refractivity contribution in [2.45, 2.75) is 12.5 Å². The lowest BCUT2D eigenvalue weighted by Crippen LogP contribution is -2.35. The molecule has 94 valence electrons. The highest BCUT2D eigenvalue weighted by Crippen LogP contribution is 2.12.